The van der Waals surface area contributed by atoms with Crippen molar-refractivity contribution in [1.82, 2.24) is 15.2 Å². The number of rotatable bonds is 2. The fourth-order valence-corrected chi connectivity index (χ4v) is 2.98. The average Bonchev–Trinajstić information content (AvgIpc) is 2.91. The van der Waals surface area contributed by atoms with Crippen LogP contribution in [0.1, 0.15) is 24.5 Å². The molecule has 112 valence electrons. The molecule has 1 saturated heterocycles. The normalized spacial score (nSPS) is 22.6. The monoisotopic (exact) mass is 285 g/mol. The first-order valence-corrected chi connectivity index (χ1v) is 7.56. The van der Waals surface area contributed by atoms with Crippen LogP contribution < -0.4 is 10.6 Å². The van der Waals surface area contributed by atoms with Crippen LogP contribution in [0.2, 0.25) is 0 Å². The van der Waals surface area contributed by atoms with Crippen LogP contribution in [0.15, 0.2) is 18.2 Å². The molecule has 5 nitrogen and oxygen atoms in total. The summed E-state index contributed by atoms with van der Waals surface area (Å²) in [6.07, 6.45) is 1.09. The number of nitrogens with two attached hydrogens (primary N) is 1. The van der Waals surface area contributed by atoms with E-state index < -0.39 is 0 Å². The largest absolute Gasteiger partial charge is 0.338 e. The van der Waals surface area contributed by atoms with Gasteiger partial charge in [0.2, 0.25) is 5.95 Å². The van der Waals surface area contributed by atoms with Crippen molar-refractivity contribution in [3.8, 4) is 11.4 Å². The molecule has 0 bridgehead atoms. The summed E-state index contributed by atoms with van der Waals surface area (Å²) in [6, 6.07) is 6.46. The standard InChI is InChI=1S/C16H23N5/c1-10-7-8-21(9-13(10)17)16-18-15(19-20-16)14-11(2)5-4-6-12(14)3/h4-6,10,13H,7-9,17H2,1-3H3,(H,18,19,20). The lowest BCUT2D eigenvalue weighted by atomic mass is 9.95. The molecule has 2 aromatic rings. The Hall–Kier alpha value is -1.88. The first kappa shape index (κ1) is 14.1. The lowest BCUT2D eigenvalue weighted by Gasteiger charge is -2.34. The van der Waals surface area contributed by atoms with E-state index in [0.29, 0.717) is 5.92 Å². The topological polar surface area (TPSA) is 70.8 Å². The van der Waals surface area contributed by atoms with Gasteiger partial charge in [-0.25, -0.2) is 0 Å². The fraction of sp³-hybridized carbons (Fsp3) is 0.500. The van der Waals surface area contributed by atoms with Gasteiger partial charge in [-0.2, -0.15) is 4.98 Å². The van der Waals surface area contributed by atoms with Crippen molar-refractivity contribution in [1.29, 1.82) is 0 Å². The maximum Gasteiger partial charge on any atom is 0.245 e. The van der Waals surface area contributed by atoms with E-state index in [0.717, 1.165) is 36.8 Å². The number of benzene rings is 1. The Kier molecular flexibility index (Phi) is 3.68. The van der Waals surface area contributed by atoms with Gasteiger partial charge in [0.15, 0.2) is 5.82 Å². The summed E-state index contributed by atoms with van der Waals surface area (Å²) >= 11 is 0. The first-order chi connectivity index (χ1) is 10.1. The Labute approximate surface area is 125 Å². The van der Waals surface area contributed by atoms with Gasteiger partial charge in [0.25, 0.3) is 0 Å². The number of nitrogens with one attached hydrogen (secondary N) is 1. The molecule has 1 aromatic heterocycles. The third kappa shape index (κ3) is 2.65. The third-order valence-corrected chi connectivity index (χ3v) is 4.49. The lowest BCUT2D eigenvalue weighted by molar-refractivity contribution is 0.376. The minimum Gasteiger partial charge on any atom is -0.338 e. The van der Waals surface area contributed by atoms with E-state index in [9.17, 15) is 0 Å². The highest BCUT2D eigenvalue weighted by atomic mass is 15.4. The SMILES string of the molecule is Cc1cccc(C)c1-c1nc(N2CCC(C)C(N)C2)n[nH]1. The van der Waals surface area contributed by atoms with Crippen LogP contribution in [0.5, 0.6) is 0 Å². The predicted molar refractivity (Wildman–Crippen MR) is 85.3 cm³/mol. The molecule has 3 N–H and O–H groups in total. The second-order valence-electron chi connectivity index (χ2n) is 6.13. The zero-order valence-electron chi connectivity index (χ0n) is 12.9. The molecular formula is C16H23N5. The third-order valence-electron chi connectivity index (χ3n) is 4.49. The van der Waals surface area contributed by atoms with Crippen molar-refractivity contribution in [2.45, 2.75) is 33.2 Å². The second kappa shape index (κ2) is 5.48. The molecule has 0 saturated carbocycles. The Morgan fingerprint density at radius 2 is 2.00 bits per heavy atom. The number of aromatic amines is 1. The van der Waals surface area contributed by atoms with Crippen molar-refractivity contribution >= 4 is 5.95 Å². The van der Waals surface area contributed by atoms with E-state index in [1.165, 1.54) is 11.1 Å². The molecule has 1 aliphatic heterocycles. The summed E-state index contributed by atoms with van der Waals surface area (Å²) in [7, 11) is 0. The van der Waals surface area contributed by atoms with Crippen LogP contribution in [0, 0.1) is 19.8 Å². The first-order valence-electron chi connectivity index (χ1n) is 7.56. The molecule has 21 heavy (non-hydrogen) atoms. The van der Waals surface area contributed by atoms with Gasteiger partial charge in [0, 0.05) is 24.7 Å². The van der Waals surface area contributed by atoms with E-state index in [-0.39, 0.29) is 6.04 Å². The highest BCUT2D eigenvalue weighted by Crippen LogP contribution is 2.26. The maximum atomic E-state index is 6.16. The molecule has 1 fully saturated rings. The number of piperidine rings is 1. The van der Waals surface area contributed by atoms with Gasteiger partial charge in [-0.15, -0.1) is 5.10 Å². The van der Waals surface area contributed by atoms with Crippen molar-refractivity contribution in [2.75, 3.05) is 18.0 Å². The number of nitrogens with zero attached hydrogens (tertiary/aromatic N) is 3. The number of anilines is 1. The van der Waals surface area contributed by atoms with Gasteiger partial charge < -0.3 is 10.6 Å². The van der Waals surface area contributed by atoms with E-state index in [1.54, 1.807) is 0 Å². The Bertz CT molecular complexity index is 613. The van der Waals surface area contributed by atoms with Gasteiger partial charge in [0.05, 0.1) is 0 Å². The number of aromatic nitrogens is 3. The maximum absolute atomic E-state index is 6.16. The van der Waals surface area contributed by atoms with Crippen LogP contribution in [-0.2, 0) is 0 Å². The molecule has 0 aliphatic carbocycles. The summed E-state index contributed by atoms with van der Waals surface area (Å²) in [4.78, 5) is 6.87. The van der Waals surface area contributed by atoms with E-state index >= 15 is 0 Å². The quantitative estimate of drug-likeness (QED) is 0.888. The fourth-order valence-electron chi connectivity index (χ4n) is 2.98. The van der Waals surface area contributed by atoms with Crippen LogP contribution >= 0.6 is 0 Å². The molecule has 2 heterocycles. The zero-order valence-corrected chi connectivity index (χ0v) is 12.9. The zero-order chi connectivity index (χ0) is 15.0. The predicted octanol–water partition coefficient (Wildman–Crippen LogP) is 2.26. The molecule has 5 heteroatoms. The Morgan fingerprint density at radius 1 is 1.29 bits per heavy atom. The van der Waals surface area contributed by atoms with Crippen LogP contribution in [0.3, 0.4) is 0 Å². The van der Waals surface area contributed by atoms with Crippen LogP contribution in [0.4, 0.5) is 5.95 Å². The molecule has 1 aromatic carbocycles. The van der Waals surface area contributed by atoms with Crippen molar-refractivity contribution in [3.05, 3.63) is 29.3 Å². The highest BCUT2D eigenvalue weighted by Gasteiger charge is 2.25. The molecule has 2 atom stereocenters. The molecule has 0 radical (unpaired) electrons. The number of hydrogen-bond donors (Lipinski definition) is 2. The summed E-state index contributed by atoms with van der Waals surface area (Å²) in [5.74, 6) is 2.17. The summed E-state index contributed by atoms with van der Waals surface area (Å²) in [6.45, 7) is 8.21. The number of hydrogen-bond acceptors (Lipinski definition) is 4. The second-order valence-corrected chi connectivity index (χ2v) is 6.13. The van der Waals surface area contributed by atoms with Crippen LogP contribution in [0.25, 0.3) is 11.4 Å². The van der Waals surface area contributed by atoms with Crippen molar-refractivity contribution in [2.24, 2.45) is 11.7 Å². The Morgan fingerprint density at radius 3 is 2.67 bits per heavy atom. The Balaban J connectivity index is 1.87. The smallest absolute Gasteiger partial charge is 0.245 e. The molecule has 3 rings (SSSR count). The van der Waals surface area contributed by atoms with Gasteiger partial charge >= 0.3 is 0 Å². The molecule has 2 unspecified atom stereocenters. The van der Waals surface area contributed by atoms with E-state index in [1.807, 2.05) is 0 Å². The molecular weight excluding hydrogens is 262 g/mol. The number of H-pyrrole nitrogens is 1. The molecule has 0 amide bonds. The number of aryl methyl sites for hydroxylation is 2. The summed E-state index contributed by atoms with van der Waals surface area (Å²) < 4.78 is 0. The lowest BCUT2D eigenvalue weighted by Crippen LogP contribution is -2.48. The van der Waals surface area contributed by atoms with Crippen molar-refractivity contribution in [3.63, 3.8) is 0 Å². The van der Waals surface area contributed by atoms with Gasteiger partial charge in [-0.1, -0.05) is 25.1 Å². The van der Waals surface area contributed by atoms with Gasteiger partial charge in [-0.3, -0.25) is 5.10 Å². The minimum atomic E-state index is 0.195. The minimum absolute atomic E-state index is 0.195. The summed E-state index contributed by atoms with van der Waals surface area (Å²) in [5, 5.41) is 7.48. The molecule has 1 aliphatic rings. The van der Waals surface area contributed by atoms with Gasteiger partial charge in [-0.05, 0) is 37.3 Å². The van der Waals surface area contributed by atoms with Crippen molar-refractivity contribution < 1.29 is 0 Å². The highest BCUT2D eigenvalue weighted by molar-refractivity contribution is 5.65. The summed E-state index contributed by atoms with van der Waals surface area (Å²) in [5.41, 5.74) is 9.73. The van der Waals surface area contributed by atoms with E-state index in [4.69, 9.17) is 5.73 Å². The van der Waals surface area contributed by atoms with Crippen LogP contribution in [-0.4, -0.2) is 34.3 Å². The van der Waals surface area contributed by atoms with E-state index in [2.05, 4.69) is 59.1 Å². The molecule has 0 spiro atoms. The average molecular weight is 285 g/mol. The van der Waals surface area contributed by atoms with Gasteiger partial charge in [0.1, 0.15) is 0 Å².